The van der Waals surface area contributed by atoms with Crippen LogP contribution < -0.4 is 0 Å². The number of halogens is 1. The van der Waals surface area contributed by atoms with E-state index < -0.39 is 0 Å². The molecule has 0 aliphatic carbocycles. The summed E-state index contributed by atoms with van der Waals surface area (Å²) in [7, 11) is 0. The van der Waals surface area contributed by atoms with Gasteiger partial charge >= 0.3 is 0 Å². The lowest BCUT2D eigenvalue weighted by molar-refractivity contribution is -0.129. The van der Waals surface area contributed by atoms with E-state index in [-0.39, 0.29) is 5.91 Å². The van der Waals surface area contributed by atoms with Gasteiger partial charge in [0.2, 0.25) is 5.91 Å². The number of rotatable bonds is 3. The van der Waals surface area contributed by atoms with Gasteiger partial charge in [-0.1, -0.05) is 41.1 Å². The molecule has 1 atom stereocenters. The molecule has 0 bridgehead atoms. The van der Waals surface area contributed by atoms with Crippen LogP contribution >= 0.6 is 15.9 Å². The zero-order chi connectivity index (χ0) is 13.7. The molecule has 102 valence electrons. The summed E-state index contributed by atoms with van der Waals surface area (Å²) in [5.74, 6) is 0.141. The van der Waals surface area contributed by atoms with Crippen molar-refractivity contribution in [3.8, 4) is 0 Å². The molecule has 19 heavy (non-hydrogen) atoms. The number of nitrogens with zero attached hydrogens (tertiary/aromatic N) is 1. The normalized spacial score (nSPS) is 19.9. The Bertz CT molecular complexity index is 470. The fraction of sp³-hybridized carbons (Fsp3) is 0.438. The maximum absolute atomic E-state index is 12.3. The minimum Gasteiger partial charge on any atom is -0.336 e. The second-order valence-corrected chi connectivity index (χ2v) is 5.80. The third-order valence-corrected chi connectivity index (χ3v) is 4.41. The van der Waals surface area contributed by atoms with Crippen LogP contribution in [0.1, 0.15) is 38.2 Å². The van der Waals surface area contributed by atoms with Gasteiger partial charge in [0, 0.05) is 23.1 Å². The van der Waals surface area contributed by atoms with E-state index in [0.29, 0.717) is 6.04 Å². The van der Waals surface area contributed by atoms with E-state index >= 15 is 0 Å². The smallest absolute Gasteiger partial charge is 0.246 e. The molecule has 1 aliphatic rings. The van der Waals surface area contributed by atoms with Crippen LogP contribution in [-0.4, -0.2) is 23.4 Å². The van der Waals surface area contributed by atoms with Gasteiger partial charge in [-0.05, 0) is 43.4 Å². The van der Waals surface area contributed by atoms with Crippen molar-refractivity contribution in [2.24, 2.45) is 0 Å². The molecule has 1 aromatic rings. The molecule has 0 N–H and O–H groups in total. The van der Waals surface area contributed by atoms with Crippen molar-refractivity contribution in [3.05, 3.63) is 40.4 Å². The standard InChI is InChI=1S/C16H20BrNO/c1-2-14-8-5-6-12-18(14)16(19)11-10-13-7-3-4-9-15(13)17/h3-4,7,9-11,14H,2,5-6,8,12H2,1H3/b11-10+. The molecule has 1 heterocycles. The Morgan fingerprint density at radius 2 is 2.21 bits per heavy atom. The van der Waals surface area contributed by atoms with Crippen LogP contribution in [-0.2, 0) is 4.79 Å². The number of hydrogen-bond donors (Lipinski definition) is 0. The molecule has 1 fully saturated rings. The first-order valence-electron chi connectivity index (χ1n) is 6.95. The minimum atomic E-state index is 0.141. The molecule has 1 aliphatic heterocycles. The molecule has 0 aromatic heterocycles. The topological polar surface area (TPSA) is 20.3 Å². The van der Waals surface area contributed by atoms with Crippen LogP contribution in [0.4, 0.5) is 0 Å². The number of likely N-dealkylation sites (tertiary alicyclic amines) is 1. The number of carbonyl (C=O) groups is 1. The summed E-state index contributed by atoms with van der Waals surface area (Å²) in [6.45, 7) is 3.06. The zero-order valence-electron chi connectivity index (χ0n) is 11.3. The van der Waals surface area contributed by atoms with E-state index in [1.807, 2.05) is 35.2 Å². The van der Waals surface area contributed by atoms with Crippen LogP contribution in [0.2, 0.25) is 0 Å². The Labute approximate surface area is 123 Å². The lowest BCUT2D eigenvalue weighted by Crippen LogP contribution is -2.42. The van der Waals surface area contributed by atoms with Crippen LogP contribution in [0.25, 0.3) is 6.08 Å². The summed E-state index contributed by atoms with van der Waals surface area (Å²) in [6, 6.07) is 8.36. The maximum atomic E-state index is 12.3. The predicted molar refractivity (Wildman–Crippen MR) is 82.8 cm³/mol. The number of benzene rings is 1. The van der Waals surface area contributed by atoms with E-state index in [9.17, 15) is 4.79 Å². The first kappa shape index (κ1) is 14.3. The molecule has 2 rings (SSSR count). The summed E-state index contributed by atoms with van der Waals surface area (Å²) in [5.41, 5.74) is 1.04. The molecule has 1 aromatic carbocycles. The van der Waals surface area contributed by atoms with Crippen molar-refractivity contribution in [2.45, 2.75) is 38.6 Å². The van der Waals surface area contributed by atoms with Gasteiger partial charge in [0.15, 0.2) is 0 Å². The van der Waals surface area contributed by atoms with E-state index in [0.717, 1.165) is 35.8 Å². The van der Waals surface area contributed by atoms with Gasteiger partial charge < -0.3 is 4.90 Å². The highest BCUT2D eigenvalue weighted by molar-refractivity contribution is 9.10. The molecule has 2 nitrogen and oxygen atoms in total. The van der Waals surface area contributed by atoms with Crippen molar-refractivity contribution in [1.82, 2.24) is 4.90 Å². The van der Waals surface area contributed by atoms with Crippen molar-refractivity contribution in [1.29, 1.82) is 0 Å². The highest BCUT2D eigenvalue weighted by Crippen LogP contribution is 2.21. The molecular weight excluding hydrogens is 302 g/mol. The van der Waals surface area contributed by atoms with Gasteiger partial charge in [0.1, 0.15) is 0 Å². The molecule has 0 spiro atoms. The highest BCUT2D eigenvalue weighted by Gasteiger charge is 2.23. The molecule has 1 saturated heterocycles. The molecule has 0 radical (unpaired) electrons. The molecule has 0 saturated carbocycles. The Balaban J connectivity index is 2.06. The summed E-state index contributed by atoms with van der Waals surface area (Å²) in [4.78, 5) is 14.3. The van der Waals surface area contributed by atoms with E-state index in [4.69, 9.17) is 0 Å². The lowest BCUT2D eigenvalue weighted by atomic mass is 10.00. The Hall–Kier alpha value is -1.09. The summed E-state index contributed by atoms with van der Waals surface area (Å²) >= 11 is 3.49. The Kier molecular flexibility index (Phi) is 5.20. The van der Waals surface area contributed by atoms with Gasteiger partial charge in [-0.2, -0.15) is 0 Å². The van der Waals surface area contributed by atoms with Crippen molar-refractivity contribution < 1.29 is 4.79 Å². The second kappa shape index (κ2) is 6.90. The van der Waals surface area contributed by atoms with Crippen LogP contribution in [0.3, 0.4) is 0 Å². The summed E-state index contributed by atoms with van der Waals surface area (Å²) in [6.07, 6.45) is 8.17. The van der Waals surface area contributed by atoms with Crippen LogP contribution in [0.5, 0.6) is 0 Å². The summed E-state index contributed by atoms with van der Waals surface area (Å²) in [5, 5.41) is 0. The van der Waals surface area contributed by atoms with E-state index in [1.54, 1.807) is 6.08 Å². The van der Waals surface area contributed by atoms with E-state index in [1.165, 1.54) is 6.42 Å². The summed E-state index contributed by atoms with van der Waals surface area (Å²) < 4.78 is 1.02. The Morgan fingerprint density at radius 3 is 2.95 bits per heavy atom. The number of hydrogen-bond acceptors (Lipinski definition) is 1. The second-order valence-electron chi connectivity index (χ2n) is 4.94. The van der Waals surface area contributed by atoms with Gasteiger partial charge in [-0.3, -0.25) is 4.79 Å². The minimum absolute atomic E-state index is 0.141. The quantitative estimate of drug-likeness (QED) is 0.762. The maximum Gasteiger partial charge on any atom is 0.246 e. The van der Waals surface area contributed by atoms with Crippen molar-refractivity contribution >= 4 is 27.9 Å². The predicted octanol–water partition coefficient (Wildman–Crippen LogP) is 4.25. The third-order valence-electron chi connectivity index (χ3n) is 3.69. The average molecular weight is 322 g/mol. The van der Waals surface area contributed by atoms with Gasteiger partial charge in [0.25, 0.3) is 0 Å². The van der Waals surface area contributed by atoms with Gasteiger partial charge in [0.05, 0.1) is 0 Å². The monoisotopic (exact) mass is 321 g/mol. The van der Waals surface area contributed by atoms with E-state index in [2.05, 4.69) is 22.9 Å². The molecular formula is C16H20BrNO. The fourth-order valence-corrected chi connectivity index (χ4v) is 3.00. The van der Waals surface area contributed by atoms with Crippen molar-refractivity contribution in [2.75, 3.05) is 6.54 Å². The molecule has 1 unspecified atom stereocenters. The number of amides is 1. The zero-order valence-corrected chi connectivity index (χ0v) is 12.9. The molecule has 3 heteroatoms. The average Bonchev–Trinajstić information content (AvgIpc) is 2.46. The van der Waals surface area contributed by atoms with Crippen molar-refractivity contribution in [3.63, 3.8) is 0 Å². The SMILES string of the molecule is CCC1CCCCN1C(=O)/C=C/c1ccccc1Br. The number of piperidine rings is 1. The number of carbonyl (C=O) groups excluding carboxylic acids is 1. The highest BCUT2D eigenvalue weighted by atomic mass is 79.9. The lowest BCUT2D eigenvalue weighted by Gasteiger charge is -2.34. The van der Waals surface area contributed by atoms with Gasteiger partial charge in [-0.15, -0.1) is 0 Å². The molecule has 1 amide bonds. The largest absolute Gasteiger partial charge is 0.336 e. The third kappa shape index (κ3) is 3.69. The first-order valence-corrected chi connectivity index (χ1v) is 7.75. The Morgan fingerprint density at radius 1 is 1.42 bits per heavy atom. The van der Waals surface area contributed by atoms with Crippen LogP contribution in [0, 0.1) is 0 Å². The van der Waals surface area contributed by atoms with Gasteiger partial charge in [-0.25, -0.2) is 0 Å². The fourth-order valence-electron chi connectivity index (χ4n) is 2.58. The van der Waals surface area contributed by atoms with Crippen LogP contribution in [0.15, 0.2) is 34.8 Å². The first-order chi connectivity index (χ1) is 9.22.